The van der Waals surface area contributed by atoms with E-state index in [1.54, 1.807) is 19.2 Å². The third-order valence-electron chi connectivity index (χ3n) is 5.79. The maximum Gasteiger partial charge on any atom is 0.312 e. The van der Waals surface area contributed by atoms with E-state index in [4.69, 9.17) is 19.9 Å². The van der Waals surface area contributed by atoms with Gasteiger partial charge in [-0.15, -0.1) is 0 Å². The van der Waals surface area contributed by atoms with E-state index in [0.717, 1.165) is 25.0 Å². The van der Waals surface area contributed by atoms with Gasteiger partial charge in [0.1, 0.15) is 11.5 Å². The van der Waals surface area contributed by atoms with Gasteiger partial charge in [0, 0.05) is 29.3 Å². The van der Waals surface area contributed by atoms with Crippen LogP contribution in [-0.4, -0.2) is 26.8 Å². The SMILES string of the molecule is COC(=O)C12CC3(COc4cc(N)cc(OC)c4)CC31C2. The molecule has 0 bridgehead atoms. The third kappa shape index (κ3) is 1.39. The summed E-state index contributed by atoms with van der Waals surface area (Å²) in [4.78, 5) is 11.8. The topological polar surface area (TPSA) is 70.8 Å². The first kappa shape index (κ1) is 12.8. The maximum atomic E-state index is 11.8. The lowest BCUT2D eigenvalue weighted by Crippen LogP contribution is -2.37. The number of rotatable bonds is 5. The van der Waals surface area contributed by atoms with Crippen molar-refractivity contribution in [3.05, 3.63) is 18.2 Å². The molecule has 112 valence electrons. The summed E-state index contributed by atoms with van der Waals surface area (Å²) in [6.07, 6.45) is 2.94. The highest BCUT2D eigenvalue weighted by atomic mass is 16.5. The molecule has 5 heteroatoms. The second-order valence-corrected chi connectivity index (χ2v) is 6.70. The van der Waals surface area contributed by atoms with E-state index < -0.39 is 0 Å². The van der Waals surface area contributed by atoms with Gasteiger partial charge in [-0.3, -0.25) is 4.79 Å². The molecule has 3 fully saturated rings. The lowest BCUT2D eigenvalue weighted by molar-refractivity contribution is -0.152. The number of hydrogen-bond donors (Lipinski definition) is 1. The standard InChI is InChI=1S/C16H19NO4/c1-19-11-3-10(17)4-12(5-11)21-9-14-6-15(13(18)20-2)8-16(14,15)7-14/h3-5H,6-9,17H2,1-2H3. The molecule has 3 aliphatic carbocycles. The Hall–Kier alpha value is -1.91. The number of hydrogen-bond acceptors (Lipinski definition) is 5. The van der Waals surface area contributed by atoms with Gasteiger partial charge in [0.2, 0.25) is 0 Å². The largest absolute Gasteiger partial charge is 0.497 e. The lowest BCUT2D eigenvalue weighted by atomic mass is 9.75. The van der Waals surface area contributed by atoms with Crippen LogP contribution in [0, 0.1) is 16.2 Å². The molecule has 21 heavy (non-hydrogen) atoms. The van der Waals surface area contributed by atoms with Crippen molar-refractivity contribution in [1.29, 1.82) is 0 Å². The summed E-state index contributed by atoms with van der Waals surface area (Å²) >= 11 is 0. The fraction of sp³-hybridized carbons (Fsp3) is 0.562. The van der Waals surface area contributed by atoms with E-state index in [1.165, 1.54) is 7.11 Å². The normalized spacial score (nSPS) is 37.6. The van der Waals surface area contributed by atoms with Crippen LogP contribution >= 0.6 is 0 Å². The summed E-state index contributed by atoms with van der Waals surface area (Å²) < 4.78 is 16.0. The molecule has 1 aromatic carbocycles. The molecule has 0 saturated heterocycles. The smallest absolute Gasteiger partial charge is 0.312 e. The predicted octanol–water partition coefficient (Wildman–Crippen LogP) is 2.00. The van der Waals surface area contributed by atoms with Crippen LogP contribution in [0.1, 0.15) is 19.3 Å². The second kappa shape index (κ2) is 3.64. The van der Waals surface area contributed by atoms with Crippen molar-refractivity contribution >= 4 is 11.7 Å². The van der Waals surface area contributed by atoms with Crippen molar-refractivity contribution in [1.82, 2.24) is 0 Å². The number of esters is 1. The van der Waals surface area contributed by atoms with Crippen LogP contribution in [0.25, 0.3) is 0 Å². The highest BCUT2D eigenvalue weighted by Crippen LogP contribution is 3.00. The molecule has 0 aliphatic heterocycles. The molecule has 3 unspecified atom stereocenters. The van der Waals surface area contributed by atoms with Gasteiger partial charge in [-0.2, -0.15) is 0 Å². The predicted molar refractivity (Wildman–Crippen MR) is 76.1 cm³/mol. The van der Waals surface area contributed by atoms with Gasteiger partial charge in [0.25, 0.3) is 0 Å². The quantitative estimate of drug-likeness (QED) is 0.663. The summed E-state index contributed by atoms with van der Waals surface area (Å²) in [5.74, 6) is 1.37. The van der Waals surface area contributed by atoms with Crippen molar-refractivity contribution in [3.63, 3.8) is 0 Å². The van der Waals surface area contributed by atoms with Gasteiger partial charge in [0.05, 0.1) is 26.2 Å². The van der Waals surface area contributed by atoms with E-state index in [2.05, 4.69) is 0 Å². The number of anilines is 1. The first-order valence-corrected chi connectivity index (χ1v) is 7.17. The van der Waals surface area contributed by atoms with E-state index in [9.17, 15) is 4.79 Å². The number of methoxy groups -OCH3 is 2. The molecule has 3 atom stereocenters. The summed E-state index contributed by atoms with van der Waals surface area (Å²) in [7, 11) is 3.08. The monoisotopic (exact) mass is 289 g/mol. The Kier molecular flexibility index (Phi) is 2.22. The van der Waals surface area contributed by atoms with E-state index in [1.807, 2.05) is 6.07 Å². The number of carbonyl (C=O) groups is 1. The van der Waals surface area contributed by atoms with Crippen LogP contribution in [0.15, 0.2) is 18.2 Å². The Morgan fingerprint density at radius 3 is 2.62 bits per heavy atom. The Labute approximate surface area is 123 Å². The fourth-order valence-corrected chi connectivity index (χ4v) is 4.66. The van der Waals surface area contributed by atoms with E-state index in [0.29, 0.717) is 18.0 Å². The molecule has 3 saturated carbocycles. The van der Waals surface area contributed by atoms with Gasteiger partial charge < -0.3 is 19.9 Å². The molecule has 2 N–H and O–H groups in total. The van der Waals surface area contributed by atoms with Crippen LogP contribution in [-0.2, 0) is 9.53 Å². The van der Waals surface area contributed by atoms with E-state index >= 15 is 0 Å². The zero-order valence-corrected chi connectivity index (χ0v) is 12.3. The van der Waals surface area contributed by atoms with Gasteiger partial charge in [-0.1, -0.05) is 0 Å². The van der Waals surface area contributed by atoms with Crippen molar-refractivity contribution in [3.8, 4) is 11.5 Å². The van der Waals surface area contributed by atoms with Crippen LogP contribution in [0.4, 0.5) is 5.69 Å². The molecule has 1 aromatic rings. The van der Waals surface area contributed by atoms with Crippen LogP contribution < -0.4 is 15.2 Å². The van der Waals surface area contributed by atoms with Gasteiger partial charge in [-0.05, 0) is 24.7 Å². The minimum absolute atomic E-state index is 0.0405. The summed E-state index contributed by atoms with van der Waals surface area (Å²) in [6.45, 7) is 0.637. The Morgan fingerprint density at radius 1 is 1.19 bits per heavy atom. The number of benzene rings is 1. The fourth-order valence-electron chi connectivity index (χ4n) is 4.66. The molecule has 0 aromatic heterocycles. The molecule has 0 radical (unpaired) electrons. The number of carbonyl (C=O) groups excluding carboxylic acids is 1. The minimum Gasteiger partial charge on any atom is -0.497 e. The van der Waals surface area contributed by atoms with Crippen LogP contribution in [0.2, 0.25) is 0 Å². The second-order valence-electron chi connectivity index (χ2n) is 6.70. The Bertz CT molecular complexity index is 645. The highest BCUT2D eigenvalue weighted by molar-refractivity contribution is 5.87. The highest BCUT2D eigenvalue weighted by Gasteiger charge is 2.99. The molecule has 3 aliphatic rings. The molecular weight excluding hydrogens is 270 g/mol. The average Bonchev–Trinajstić information content (AvgIpc) is 3.24. The van der Waals surface area contributed by atoms with Gasteiger partial charge in [0.15, 0.2) is 0 Å². The lowest BCUT2D eigenvalue weighted by Gasteiger charge is -2.32. The van der Waals surface area contributed by atoms with Crippen molar-refractivity contribution < 1.29 is 19.0 Å². The Balaban J connectivity index is 1.43. The number of ether oxygens (including phenoxy) is 3. The van der Waals surface area contributed by atoms with Crippen LogP contribution in [0.3, 0.4) is 0 Å². The molecule has 1 spiro atoms. The molecular formula is C16H19NO4. The number of nitrogen functional groups attached to an aromatic ring is 1. The van der Waals surface area contributed by atoms with Crippen molar-refractivity contribution in [2.24, 2.45) is 16.2 Å². The minimum atomic E-state index is -0.182. The summed E-state index contributed by atoms with van der Waals surface area (Å²) in [5.41, 5.74) is 6.62. The molecule has 0 heterocycles. The number of nitrogens with two attached hydrogens (primary N) is 1. The van der Waals surface area contributed by atoms with Gasteiger partial charge >= 0.3 is 5.97 Å². The zero-order chi connectivity index (χ0) is 14.9. The Morgan fingerprint density at radius 2 is 1.95 bits per heavy atom. The van der Waals surface area contributed by atoms with E-state index in [-0.39, 0.29) is 22.2 Å². The van der Waals surface area contributed by atoms with Crippen LogP contribution in [0.5, 0.6) is 11.5 Å². The first-order chi connectivity index (χ1) is 10.0. The molecule has 4 rings (SSSR count). The van der Waals surface area contributed by atoms with Crippen molar-refractivity contribution in [2.75, 3.05) is 26.6 Å². The first-order valence-electron chi connectivity index (χ1n) is 7.17. The van der Waals surface area contributed by atoms with Crippen molar-refractivity contribution in [2.45, 2.75) is 19.3 Å². The summed E-state index contributed by atoms with van der Waals surface area (Å²) in [5, 5.41) is 0. The molecule has 5 nitrogen and oxygen atoms in total. The zero-order valence-electron chi connectivity index (χ0n) is 12.3. The average molecular weight is 289 g/mol. The summed E-state index contributed by atoms with van der Waals surface area (Å²) in [6, 6.07) is 5.39. The van der Waals surface area contributed by atoms with Gasteiger partial charge in [-0.25, -0.2) is 0 Å². The third-order valence-corrected chi connectivity index (χ3v) is 5.79. The molecule has 0 amide bonds. The maximum absolute atomic E-state index is 11.8.